The Morgan fingerprint density at radius 1 is 1.22 bits per heavy atom. The number of esters is 1. The minimum absolute atomic E-state index is 0.0663. The molecule has 1 aromatic heterocycles. The van der Waals surface area contributed by atoms with Crippen molar-refractivity contribution < 1.29 is 14.3 Å². The van der Waals surface area contributed by atoms with Crippen molar-refractivity contribution in [3.05, 3.63) is 53.3 Å². The average molecular weight is 314 g/mol. The normalized spacial score (nSPS) is 11.8. The topological polar surface area (TPSA) is 60.3 Å². The van der Waals surface area contributed by atoms with Gasteiger partial charge in [-0.15, -0.1) is 0 Å². The standard InChI is InChI=1S/C18H22N2O3/c1-12-9-15(11-16(14(12)3)18(22)23-4)19-17(21)10-13(2)20-7-5-6-8-20/h5-9,11,13H,10H2,1-4H3,(H,19,21). The van der Waals surface area contributed by atoms with Crippen LogP contribution in [0.5, 0.6) is 0 Å². The van der Waals surface area contributed by atoms with Gasteiger partial charge >= 0.3 is 5.97 Å². The monoisotopic (exact) mass is 314 g/mol. The van der Waals surface area contributed by atoms with Crippen molar-refractivity contribution in [1.82, 2.24) is 4.57 Å². The van der Waals surface area contributed by atoms with Gasteiger partial charge in [-0.25, -0.2) is 4.79 Å². The number of aromatic nitrogens is 1. The predicted octanol–water partition coefficient (Wildman–Crippen LogP) is 3.48. The van der Waals surface area contributed by atoms with Crippen molar-refractivity contribution in [2.24, 2.45) is 0 Å². The molecule has 1 amide bonds. The highest BCUT2D eigenvalue weighted by molar-refractivity contribution is 5.96. The number of benzene rings is 1. The van der Waals surface area contributed by atoms with Crippen LogP contribution in [0, 0.1) is 13.8 Å². The fourth-order valence-electron chi connectivity index (χ4n) is 2.48. The minimum Gasteiger partial charge on any atom is -0.465 e. The van der Waals surface area contributed by atoms with Crippen molar-refractivity contribution >= 4 is 17.6 Å². The maximum Gasteiger partial charge on any atom is 0.338 e. The van der Waals surface area contributed by atoms with Gasteiger partial charge in [-0.05, 0) is 56.2 Å². The van der Waals surface area contributed by atoms with Gasteiger partial charge in [-0.1, -0.05) is 0 Å². The van der Waals surface area contributed by atoms with E-state index in [-0.39, 0.29) is 11.9 Å². The first-order valence-electron chi connectivity index (χ1n) is 7.54. The summed E-state index contributed by atoms with van der Waals surface area (Å²) in [5.74, 6) is -0.493. The zero-order valence-electron chi connectivity index (χ0n) is 13.9. The van der Waals surface area contributed by atoms with Crippen LogP contribution in [-0.4, -0.2) is 23.6 Å². The van der Waals surface area contributed by atoms with E-state index in [1.54, 1.807) is 6.07 Å². The number of nitrogens with zero attached hydrogens (tertiary/aromatic N) is 1. The molecule has 122 valence electrons. The van der Waals surface area contributed by atoms with Gasteiger partial charge in [0.25, 0.3) is 0 Å². The van der Waals surface area contributed by atoms with E-state index in [4.69, 9.17) is 4.74 Å². The zero-order chi connectivity index (χ0) is 17.0. The lowest BCUT2D eigenvalue weighted by Crippen LogP contribution is -2.17. The molecule has 23 heavy (non-hydrogen) atoms. The number of methoxy groups -OCH3 is 1. The van der Waals surface area contributed by atoms with Crippen LogP contribution in [0.25, 0.3) is 0 Å². The van der Waals surface area contributed by atoms with Crippen LogP contribution in [-0.2, 0) is 9.53 Å². The van der Waals surface area contributed by atoms with E-state index >= 15 is 0 Å². The maximum absolute atomic E-state index is 12.2. The first-order valence-corrected chi connectivity index (χ1v) is 7.54. The Bertz CT molecular complexity index is 705. The molecule has 5 nitrogen and oxygen atoms in total. The fourth-order valence-corrected chi connectivity index (χ4v) is 2.48. The summed E-state index contributed by atoms with van der Waals surface area (Å²) in [5.41, 5.74) is 2.87. The summed E-state index contributed by atoms with van der Waals surface area (Å²) in [5, 5.41) is 2.86. The largest absolute Gasteiger partial charge is 0.465 e. The van der Waals surface area contributed by atoms with E-state index in [9.17, 15) is 9.59 Å². The number of hydrogen-bond donors (Lipinski definition) is 1. The summed E-state index contributed by atoms with van der Waals surface area (Å²) < 4.78 is 6.78. The van der Waals surface area contributed by atoms with Gasteiger partial charge in [0.15, 0.2) is 0 Å². The third-order valence-corrected chi connectivity index (χ3v) is 3.97. The van der Waals surface area contributed by atoms with Crippen molar-refractivity contribution in [2.45, 2.75) is 33.2 Å². The Morgan fingerprint density at radius 3 is 2.48 bits per heavy atom. The quantitative estimate of drug-likeness (QED) is 0.860. The molecule has 1 atom stereocenters. The van der Waals surface area contributed by atoms with Crippen LogP contribution >= 0.6 is 0 Å². The number of amides is 1. The molecule has 1 aromatic carbocycles. The molecule has 5 heteroatoms. The van der Waals surface area contributed by atoms with Crippen LogP contribution in [0.15, 0.2) is 36.7 Å². The maximum atomic E-state index is 12.2. The van der Waals surface area contributed by atoms with Gasteiger partial charge in [-0.2, -0.15) is 0 Å². The molecule has 0 aliphatic rings. The van der Waals surface area contributed by atoms with Gasteiger partial charge in [-0.3, -0.25) is 4.79 Å². The number of nitrogens with one attached hydrogen (secondary N) is 1. The second-order valence-electron chi connectivity index (χ2n) is 5.69. The molecule has 0 aliphatic carbocycles. The number of anilines is 1. The van der Waals surface area contributed by atoms with E-state index < -0.39 is 5.97 Å². The van der Waals surface area contributed by atoms with Gasteiger partial charge in [0.2, 0.25) is 5.91 Å². The molecular weight excluding hydrogens is 292 g/mol. The fraction of sp³-hybridized carbons (Fsp3) is 0.333. The summed E-state index contributed by atoms with van der Waals surface area (Å²) in [7, 11) is 1.35. The highest BCUT2D eigenvalue weighted by Gasteiger charge is 2.15. The molecule has 2 aromatic rings. The Kier molecular flexibility index (Phi) is 5.21. The highest BCUT2D eigenvalue weighted by Crippen LogP contribution is 2.21. The SMILES string of the molecule is COC(=O)c1cc(NC(=O)CC(C)n2cccc2)cc(C)c1C. The number of rotatable bonds is 5. The Morgan fingerprint density at radius 2 is 1.87 bits per heavy atom. The van der Waals surface area contributed by atoms with Crippen LogP contribution in [0.3, 0.4) is 0 Å². The van der Waals surface area contributed by atoms with Crippen LogP contribution in [0.2, 0.25) is 0 Å². The average Bonchev–Trinajstić information content (AvgIpc) is 3.04. The molecule has 0 fully saturated rings. The lowest BCUT2D eigenvalue weighted by atomic mass is 10.0. The Hall–Kier alpha value is -2.56. The van der Waals surface area contributed by atoms with Crippen LogP contribution in [0.4, 0.5) is 5.69 Å². The predicted molar refractivity (Wildman–Crippen MR) is 89.6 cm³/mol. The molecule has 2 rings (SSSR count). The van der Waals surface area contributed by atoms with Gasteiger partial charge in [0.05, 0.1) is 12.7 Å². The molecule has 0 aliphatic heterocycles. The molecule has 0 radical (unpaired) electrons. The number of carbonyl (C=O) groups excluding carboxylic acids is 2. The van der Waals surface area contributed by atoms with E-state index in [0.717, 1.165) is 11.1 Å². The summed E-state index contributed by atoms with van der Waals surface area (Å²) in [6.45, 7) is 5.75. The first-order chi connectivity index (χ1) is 10.9. The highest BCUT2D eigenvalue weighted by atomic mass is 16.5. The van der Waals surface area contributed by atoms with E-state index in [1.807, 2.05) is 55.9 Å². The van der Waals surface area contributed by atoms with E-state index in [2.05, 4.69) is 5.32 Å². The van der Waals surface area contributed by atoms with Crippen molar-refractivity contribution in [2.75, 3.05) is 12.4 Å². The Labute approximate surface area is 136 Å². The number of aryl methyl sites for hydroxylation is 1. The van der Waals surface area contributed by atoms with Crippen molar-refractivity contribution in [1.29, 1.82) is 0 Å². The van der Waals surface area contributed by atoms with Gasteiger partial charge in [0.1, 0.15) is 0 Å². The second-order valence-corrected chi connectivity index (χ2v) is 5.69. The Balaban J connectivity index is 2.12. The molecule has 0 bridgehead atoms. The summed E-state index contributed by atoms with van der Waals surface area (Å²) in [6.07, 6.45) is 4.22. The van der Waals surface area contributed by atoms with Crippen LogP contribution in [0.1, 0.15) is 40.9 Å². The number of ether oxygens (including phenoxy) is 1. The minimum atomic E-state index is -0.401. The molecule has 1 N–H and O–H groups in total. The summed E-state index contributed by atoms with van der Waals surface area (Å²) >= 11 is 0. The lowest BCUT2D eigenvalue weighted by Gasteiger charge is -2.15. The zero-order valence-corrected chi connectivity index (χ0v) is 13.9. The molecule has 1 unspecified atom stereocenters. The first kappa shape index (κ1) is 16.8. The smallest absolute Gasteiger partial charge is 0.338 e. The molecule has 0 spiro atoms. The van der Waals surface area contributed by atoms with Crippen LogP contribution < -0.4 is 5.32 Å². The third kappa shape index (κ3) is 4.00. The van der Waals surface area contributed by atoms with E-state index in [1.165, 1.54) is 7.11 Å². The van der Waals surface area contributed by atoms with E-state index in [0.29, 0.717) is 17.7 Å². The number of hydrogen-bond acceptors (Lipinski definition) is 3. The number of carbonyl (C=O) groups is 2. The van der Waals surface area contributed by atoms with Crippen molar-refractivity contribution in [3.8, 4) is 0 Å². The van der Waals surface area contributed by atoms with Gasteiger partial charge < -0.3 is 14.6 Å². The molecule has 0 saturated carbocycles. The molecular formula is C18H22N2O3. The second kappa shape index (κ2) is 7.13. The summed E-state index contributed by atoms with van der Waals surface area (Å²) in [6, 6.07) is 7.45. The third-order valence-electron chi connectivity index (χ3n) is 3.97. The van der Waals surface area contributed by atoms with Gasteiger partial charge in [0, 0.05) is 30.5 Å². The summed E-state index contributed by atoms with van der Waals surface area (Å²) in [4.78, 5) is 24.0. The van der Waals surface area contributed by atoms with Crippen molar-refractivity contribution in [3.63, 3.8) is 0 Å². The molecule has 1 heterocycles. The molecule has 0 saturated heterocycles. The lowest BCUT2D eigenvalue weighted by molar-refractivity contribution is -0.116.